The summed E-state index contributed by atoms with van der Waals surface area (Å²) in [4.78, 5) is 13.7. The van der Waals surface area contributed by atoms with E-state index in [0.717, 1.165) is 11.1 Å². The molecule has 1 aliphatic rings. The van der Waals surface area contributed by atoms with Crippen LogP contribution in [0.15, 0.2) is 36.4 Å². The molecule has 1 fully saturated rings. The predicted molar refractivity (Wildman–Crippen MR) is 111 cm³/mol. The second kappa shape index (κ2) is 9.37. The van der Waals surface area contributed by atoms with Crippen LogP contribution in [0.5, 0.6) is 17.2 Å². The summed E-state index contributed by atoms with van der Waals surface area (Å²) in [5.74, 6) is 0.831. The molecule has 3 rings (SSSR count). The van der Waals surface area contributed by atoms with Gasteiger partial charge in [-0.25, -0.2) is 0 Å². The highest BCUT2D eigenvalue weighted by Gasteiger charge is 2.32. The summed E-state index contributed by atoms with van der Waals surface area (Å²) in [5, 5.41) is 10.0. The maximum atomic E-state index is 11.4. The Labute approximate surface area is 175 Å². The molecule has 2 aromatic rings. The number of carboxylic acid groups (broad SMARTS) is 1. The molecule has 156 valence electrons. The zero-order valence-corrected chi connectivity index (χ0v) is 17.6. The number of rotatable bonds is 7. The standard InChI is InChI=1S/C22H26ClNO5/c1-27-18-13-20(29-3)19(28-2)12-17(18)21(15-5-4-6-16(23)11-15)24-9-7-14(8-10-24)22(25)26/h4-6,11-14,21H,7-10H2,1-3H3,(H,25,26). The number of halogens is 1. The molecule has 1 unspecified atom stereocenters. The number of hydrogen-bond donors (Lipinski definition) is 1. The summed E-state index contributed by atoms with van der Waals surface area (Å²) < 4.78 is 16.6. The highest BCUT2D eigenvalue weighted by Crippen LogP contribution is 2.43. The summed E-state index contributed by atoms with van der Waals surface area (Å²) in [6.45, 7) is 1.32. The Morgan fingerprint density at radius 1 is 1.03 bits per heavy atom. The number of piperidine rings is 1. The molecule has 0 radical (unpaired) electrons. The van der Waals surface area contributed by atoms with Crippen molar-refractivity contribution in [3.63, 3.8) is 0 Å². The smallest absolute Gasteiger partial charge is 0.306 e. The van der Waals surface area contributed by atoms with Crippen LogP contribution in [0, 0.1) is 5.92 Å². The van der Waals surface area contributed by atoms with Crippen LogP contribution in [0.4, 0.5) is 0 Å². The van der Waals surface area contributed by atoms with Gasteiger partial charge in [0, 0.05) is 16.7 Å². The molecule has 0 bridgehead atoms. The Balaban J connectivity index is 2.08. The van der Waals surface area contributed by atoms with Crippen LogP contribution in [0.25, 0.3) is 0 Å². The van der Waals surface area contributed by atoms with Crippen LogP contribution in [0.1, 0.15) is 30.0 Å². The lowest BCUT2D eigenvalue weighted by Crippen LogP contribution is -2.39. The minimum Gasteiger partial charge on any atom is -0.496 e. The molecule has 2 aromatic carbocycles. The van der Waals surface area contributed by atoms with E-state index in [1.807, 2.05) is 36.4 Å². The number of benzene rings is 2. The van der Waals surface area contributed by atoms with Crippen LogP contribution < -0.4 is 14.2 Å². The van der Waals surface area contributed by atoms with Gasteiger partial charge in [0.25, 0.3) is 0 Å². The van der Waals surface area contributed by atoms with Crippen LogP contribution in [0.2, 0.25) is 5.02 Å². The van der Waals surface area contributed by atoms with Gasteiger partial charge in [0.15, 0.2) is 11.5 Å². The van der Waals surface area contributed by atoms with E-state index in [0.29, 0.717) is 48.2 Å². The van der Waals surface area contributed by atoms with Crippen molar-refractivity contribution in [1.29, 1.82) is 0 Å². The maximum absolute atomic E-state index is 11.4. The Hall–Kier alpha value is -2.44. The third-order valence-electron chi connectivity index (χ3n) is 5.44. The number of likely N-dealkylation sites (tertiary alicyclic amines) is 1. The van der Waals surface area contributed by atoms with E-state index in [4.69, 9.17) is 25.8 Å². The number of ether oxygens (including phenoxy) is 3. The molecule has 0 spiro atoms. The minimum absolute atomic E-state index is 0.154. The molecule has 29 heavy (non-hydrogen) atoms. The van der Waals surface area contributed by atoms with E-state index < -0.39 is 5.97 Å². The van der Waals surface area contributed by atoms with E-state index in [1.165, 1.54) is 0 Å². The number of hydrogen-bond acceptors (Lipinski definition) is 5. The van der Waals surface area contributed by atoms with Gasteiger partial charge >= 0.3 is 5.97 Å². The molecule has 7 heteroatoms. The second-order valence-electron chi connectivity index (χ2n) is 7.06. The largest absolute Gasteiger partial charge is 0.496 e. The van der Waals surface area contributed by atoms with Crippen LogP contribution in [-0.2, 0) is 4.79 Å². The van der Waals surface area contributed by atoms with Crippen molar-refractivity contribution in [1.82, 2.24) is 4.90 Å². The fourth-order valence-electron chi connectivity index (χ4n) is 3.93. The van der Waals surface area contributed by atoms with Crippen molar-refractivity contribution in [2.24, 2.45) is 5.92 Å². The van der Waals surface area contributed by atoms with Gasteiger partial charge < -0.3 is 19.3 Å². The predicted octanol–water partition coefficient (Wildman–Crippen LogP) is 4.25. The van der Waals surface area contributed by atoms with Crippen molar-refractivity contribution in [2.45, 2.75) is 18.9 Å². The Kier molecular flexibility index (Phi) is 6.87. The first kappa shape index (κ1) is 21.3. The summed E-state index contributed by atoms with van der Waals surface area (Å²) in [5.41, 5.74) is 1.93. The molecular weight excluding hydrogens is 394 g/mol. The maximum Gasteiger partial charge on any atom is 0.306 e. The molecule has 1 saturated heterocycles. The number of carbonyl (C=O) groups is 1. The molecule has 1 N–H and O–H groups in total. The lowest BCUT2D eigenvalue weighted by molar-refractivity contribution is -0.143. The van der Waals surface area contributed by atoms with Gasteiger partial charge in [0.1, 0.15) is 5.75 Å². The number of carboxylic acids is 1. The van der Waals surface area contributed by atoms with Crippen molar-refractivity contribution >= 4 is 17.6 Å². The number of nitrogens with zero attached hydrogens (tertiary/aromatic N) is 1. The van der Waals surface area contributed by atoms with E-state index in [-0.39, 0.29) is 12.0 Å². The zero-order chi connectivity index (χ0) is 21.0. The summed E-state index contributed by atoms with van der Waals surface area (Å²) in [7, 11) is 4.80. The molecule has 1 aliphatic heterocycles. The van der Waals surface area contributed by atoms with Crippen molar-refractivity contribution < 1.29 is 24.1 Å². The Bertz CT molecular complexity index is 864. The zero-order valence-electron chi connectivity index (χ0n) is 16.9. The molecule has 0 saturated carbocycles. The third kappa shape index (κ3) is 4.60. The highest BCUT2D eigenvalue weighted by atomic mass is 35.5. The second-order valence-corrected chi connectivity index (χ2v) is 7.49. The van der Waals surface area contributed by atoms with E-state index >= 15 is 0 Å². The Morgan fingerprint density at radius 2 is 1.66 bits per heavy atom. The molecule has 0 amide bonds. The van der Waals surface area contributed by atoms with Crippen molar-refractivity contribution in [2.75, 3.05) is 34.4 Å². The van der Waals surface area contributed by atoms with Crippen molar-refractivity contribution in [3.8, 4) is 17.2 Å². The van der Waals surface area contributed by atoms with Crippen LogP contribution >= 0.6 is 11.6 Å². The monoisotopic (exact) mass is 419 g/mol. The summed E-state index contributed by atoms with van der Waals surface area (Å²) >= 11 is 6.29. The lowest BCUT2D eigenvalue weighted by atomic mass is 9.90. The van der Waals surface area contributed by atoms with E-state index in [9.17, 15) is 9.90 Å². The third-order valence-corrected chi connectivity index (χ3v) is 5.67. The molecule has 1 heterocycles. The molecule has 6 nitrogen and oxygen atoms in total. The van der Waals surface area contributed by atoms with E-state index in [1.54, 1.807) is 21.3 Å². The SMILES string of the molecule is COc1cc(OC)c(C(c2cccc(Cl)c2)N2CCC(C(=O)O)CC2)cc1OC. The first-order chi connectivity index (χ1) is 14.0. The quantitative estimate of drug-likeness (QED) is 0.723. The number of methoxy groups -OCH3 is 3. The van der Waals surface area contributed by atoms with Gasteiger partial charge in [-0.1, -0.05) is 23.7 Å². The first-order valence-corrected chi connectivity index (χ1v) is 9.88. The van der Waals surface area contributed by atoms with Gasteiger partial charge in [0.05, 0.1) is 33.3 Å². The van der Waals surface area contributed by atoms with Gasteiger partial charge in [-0.05, 0) is 49.7 Å². The van der Waals surface area contributed by atoms with Gasteiger partial charge in [-0.2, -0.15) is 0 Å². The van der Waals surface area contributed by atoms with E-state index in [2.05, 4.69) is 4.90 Å². The average Bonchev–Trinajstić information content (AvgIpc) is 2.74. The highest BCUT2D eigenvalue weighted by molar-refractivity contribution is 6.30. The topological polar surface area (TPSA) is 68.2 Å². The fourth-order valence-corrected chi connectivity index (χ4v) is 4.13. The molecular formula is C22H26ClNO5. The molecule has 1 atom stereocenters. The average molecular weight is 420 g/mol. The Morgan fingerprint density at radius 3 is 2.21 bits per heavy atom. The molecule has 0 aliphatic carbocycles. The minimum atomic E-state index is -0.729. The fraction of sp³-hybridized carbons (Fsp3) is 0.409. The summed E-state index contributed by atoms with van der Waals surface area (Å²) in [6.07, 6.45) is 1.20. The van der Waals surface area contributed by atoms with Gasteiger partial charge in [-0.3, -0.25) is 9.69 Å². The normalized spacial score (nSPS) is 16.3. The van der Waals surface area contributed by atoms with Crippen LogP contribution in [-0.4, -0.2) is 50.4 Å². The van der Waals surface area contributed by atoms with Gasteiger partial charge in [0.2, 0.25) is 0 Å². The van der Waals surface area contributed by atoms with Gasteiger partial charge in [-0.15, -0.1) is 0 Å². The van der Waals surface area contributed by atoms with Crippen LogP contribution in [0.3, 0.4) is 0 Å². The first-order valence-electron chi connectivity index (χ1n) is 9.50. The number of aliphatic carboxylic acids is 1. The summed E-state index contributed by atoms with van der Waals surface area (Å²) in [6, 6.07) is 11.3. The lowest BCUT2D eigenvalue weighted by Gasteiger charge is -2.37. The van der Waals surface area contributed by atoms with Crippen molar-refractivity contribution in [3.05, 3.63) is 52.5 Å². The molecule has 0 aromatic heterocycles.